The van der Waals surface area contributed by atoms with Crippen LogP contribution < -0.4 is 5.32 Å². The summed E-state index contributed by atoms with van der Waals surface area (Å²) >= 11 is 0. The Balaban J connectivity index is 1.98. The average Bonchev–Trinajstić information content (AvgIpc) is 2.41. The summed E-state index contributed by atoms with van der Waals surface area (Å²) in [5, 5.41) is 3.18. The number of pyridine rings is 1. The van der Waals surface area contributed by atoms with Gasteiger partial charge in [-0.25, -0.2) is 0 Å². The van der Waals surface area contributed by atoms with Gasteiger partial charge in [-0.05, 0) is 37.9 Å². The number of carbonyl (C=O) groups is 1. The van der Waals surface area contributed by atoms with Crippen molar-refractivity contribution in [2.45, 2.75) is 31.7 Å². The third-order valence-electron chi connectivity index (χ3n) is 3.47. The summed E-state index contributed by atoms with van der Waals surface area (Å²) in [5.74, 6) is 0.225. The number of aromatic nitrogens is 1. The zero-order valence-electron chi connectivity index (χ0n) is 10.9. The molecule has 1 saturated heterocycles. The van der Waals surface area contributed by atoms with Gasteiger partial charge in [0, 0.05) is 31.5 Å². The summed E-state index contributed by atoms with van der Waals surface area (Å²) in [4.78, 5) is 18.4. The molecule has 0 bridgehead atoms. The molecule has 4 heteroatoms. The summed E-state index contributed by atoms with van der Waals surface area (Å²) in [5.41, 5.74) is 0.997. The third kappa shape index (κ3) is 3.29. The fraction of sp³-hybridized carbons (Fsp3) is 0.571. The Morgan fingerprint density at radius 2 is 2.44 bits per heavy atom. The van der Waals surface area contributed by atoms with Gasteiger partial charge in [0.05, 0.1) is 6.42 Å². The van der Waals surface area contributed by atoms with Gasteiger partial charge >= 0.3 is 0 Å². The molecular formula is C14H21N3O. The number of rotatable bonds is 4. The topological polar surface area (TPSA) is 45.2 Å². The highest BCUT2D eigenvalue weighted by molar-refractivity contribution is 5.79. The zero-order valence-corrected chi connectivity index (χ0v) is 10.9. The predicted molar refractivity (Wildman–Crippen MR) is 71.2 cm³/mol. The van der Waals surface area contributed by atoms with Gasteiger partial charge in [0.15, 0.2) is 0 Å². The number of amides is 1. The molecule has 1 aromatic rings. The highest BCUT2D eigenvalue weighted by Crippen LogP contribution is 2.17. The standard InChI is InChI=1S/C14H21N3O/c1-15-11-13-6-2-3-8-17(13)14(18)9-12-5-4-7-16-10-12/h4-5,7,10,13,15H,2-3,6,8-9,11H2,1H3. The lowest BCUT2D eigenvalue weighted by Crippen LogP contribution is -2.48. The van der Waals surface area contributed by atoms with E-state index in [1.165, 1.54) is 6.42 Å². The van der Waals surface area contributed by atoms with Crippen LogP contribution in [0.2, 0.25) is 0 Å². The molecule has 1 aliphatic heterocycles. The molecule has 0 radical (unpaired) electrons. The van der Waals surface area contributed by atoms with Crippen molar-refractivity contribution >= 4 is 5.91 Å². The van der Waals surface area contributed by atoms with E-state index >= 15 is 0 Å². The molecule has 98 valence electrons. The number of hydrogen-bond acceptors (Lipinski definition) is 3. The number of likely N-dealkylation sites (tertiary alicyclic amines) is 1. The molecular weight excluding hydrogens is 226 g/mol. The second-order valence-electron chi connectivity index (χ2n) is 4.83. The van der Waals surface area contributed by atoms with E-state index in [1.54, 1.807) is 12.4 Å². The van der Waals surface area contributed by atoms with Crippen LogP contribution in [0.3, 0.4) is 0 Å². The first-order valence-corrected chi connectivity index (χ1v) is 6.64. The molecule has 2 heterocycles. The Bertz CT molecular complexity index is 378. The molecule has 0 aliphatic carbocycles. The van der Waals surface area contributed by atoms with E-state index in [4.69, 9.17) is 0 Å². The smallest absolute Gasteiger partial charge is 0.227 e. The summed E-state index contributed by atoms with van der Waals surface area (Å²) < 4.78 is 0. The van der Waals surface area contributed by atoms with Crippen molar-refractivity contribution in [2.24, 2.45) is 0 Å². The molecule has 1 amide bonds. The van der Waals surface area contributed by atoms with Gasteiger partial charge in [0.1, 0.15) is 0 Å². The lowest BCUT2D eigenvalue weighted by Gasteiger charge is -2.35. The van der Waals surface area contributed by atoms with Crippen LogP contribution in [0.15, 0.2) is 24.5 Å². The van der Waals surface area contributed by atoms with E-state index in [2.05, 4.69) is 10.3 Å². The van der Waals surface area contributed by atoms with Gasteiger partial charge in [0.2, 0.25) is 5.91 Å². The quantitative estimate of drug-likeness (QED) is 0.870. The van der Waals surface area contributed by atoms with Crippen molar-refractivity contribution in [2.75, 3.05) is 20.1 Å². The van der Waals surface area contributed by atoms with Crippen LogP contribution in [0.5, 0.6) is 0 Å². The van der Waals surface area contributed by atoms with Crippen LogP contribution in [0.1, 0.15) is 24.8 Å². The average molecular weight is 247 g/mol. The molecule has 0 saturated carbocycles. The maximum absolute atomic E-state index is 12.3. The minimum Gasteiger partial charge on any atom is -0.338 e. The first-order chi connectivity index (χ1) is 8.81. The van der Waals surface area contributed by atoms with Gasteiger partial charge in [0.25, 0.3) is 0 Å². The summed E-state index contributed by atoms with van der Waals surface area (Å²) in [6, 6.07) is 4.19. The molecule has 1 fully saturated rings. The second-order valence-corrected chi connectivity index (χ2v) is 4.83. The van der Waals surface area contributed by atoms with E-state index in [1.807, 2.05) is 24.1 Å². The van der Waals surface area contributed by atoms with E-state index < -0.39 is 0 Å². The van der Waals surface area contributed by atoms with E-state index in [9.17, 15) is 4.79 Å². The van der Waals surface area contributed by atoms with Crippen molar-refractivity contribution in [1.29, 1.82) is 0 Å². The molecule has 1 unspecified atom stereocenters. The van der Waals surface area contributed by atoms with Gasteiger partial charge < -0.3 is 10.2 Å². The largest absolute Gasteiger partial charge is 0.338 e. The van der Waals surface area contributed by atoms with Crippen molar-refractivity contribution in [3.8, 4) is 0 Å². The minimum atomic E-state index is 0.225. The summed E-state index contributed by atoms with van der Waals surface area (Å²) in [6.45, 7) is 1.78. The van der Waals surface area contributed by atoms with Gasteiger partial charge in [-0.2, -0.15) is 0 Å². The summed E-state index contributed by atoms with van der Waals surface area (Å²) in [6.07, 6.45) is 7.43. The Kier molecular flexibility index (Phi) is 4.70. The minimum absolute atomic E-state index is 0.225. The van der Waals surface area contributed by atoms with E-state index in [0.717, 1.165) is 31.5 Å². The summed E-state index contributed by atoms with van der Waals surface area (Å²) in [7, 11) is 1.94. The normalized spacial score (nSPS) is 19.8. The van der Waals surface area contributed by atoms with E-state index in [-0.39, 0.29) is 5.91 Å². The number of nitrogens with one attached hydrogen (secondary N) is 1. The number of likely N-dealkylation sites (N-methyl/N-ethyl adjacent to an activating group) is 1. The molecule has 4 nitrogen and oxygen atoms in total. The first kappa shape index (κ1) is 13.0. The highest BCUT2D eigenvalue weighted by Gasteiger charge is 2.25. The van der Waals surface area contributed by atoms with Crippen molar-refractivity contribution in [1.82, 2.24) is 15.2 Å². The molecule has 0 spiro atoms. The number of piperidine rings is 1. The molecule has 1 atom stereocenters. The Morgan fingerprint density at radius 1 is 1.56 bits per heavy atom. The van der Waals surface area contributed by atoms with E-state index in [0.29, 0.717) is 12.5 Å². The van der Waals surface area contributed by atoms with Gasteiger partial charge in [-0.1, -0.05) is 6.07 Å². The Morgan fingerprint density at radius 3 is 3.17 bits per heavy atom. The maximum atomic E-state index is 12.3. The molecule has 1 N–H and O–H groups in total. The van der Waals surface area contributed by atoms with Gasteiger partial charge in [-0.3, -0.25) is 9.78 Å². The fourth-order valence-corrected chi connectivity index (χ4v) is 2.56. The van der Waals surface area contributed by atoms with Crippen LogP contribution in [0, 0.1) is 0 Å². The third-order valence-corrected chi connectivity index (χ3v) is 3.47. The Labute approximate surface area is 108 Å². The molecule has 1 aliphatic rings. The maximum Gasteiger partial charge on any atom is 0.227 e. The first-order valence-electron chi connectivity index (χ1n) is 6.64. The lowest BCUT2D eigenvalue weighted by atomic mass is 10.0. The SMILES string of the molecule is CNCC1CCCCN1C(=O)Cc1cccnc1. The number of carbonyl (C=O) groups excluding carboxylic acids is 1. The Hall–Kier alpha value is -1.42. The molecule has 18 heavy (non-hydrogen) atoms. The molecule has 2 rings (SSSR count). The van der Waals surface area contributed by atoms with Crippen LogP contribution >= 0.6 is 0 Å². The number of hydrogen-bond donors (Lipinski definition) is 1. The van der Waals surface area contributed by atoms with Crippen molar-refractivity contribution in [3.05, 3.63) is 30.1 Å². The lowest BCUT2D eigenvalue weighted by molar-refractivity contribution is -0.134. The monoisotopic (exact) mass is 247 g/mol. The molecule has 0 aromatic carbocycles. The van der Waals surface area contributed by atoms with Crippen LogP contribution in [-0.4, -0.2) is 42.0 Å². The highest BCUT2D eigenvalue weighted by atomic mass is 16.2. The van der Waals surface area contributed by atoms with Gasteiger partial charge in [-0.15, -0.1) is 0 Å². The molecule has 1 aromatic heterocycles. The fourth-order valence-electron chi connectivity index (χ4n) is 2.56. The van der Waals surface area contributed by atoms with Crippen LogP contribution in [0.25, 0.3) is 0 Å². The van der Waals surface area contributed by atoms with Crippen molar-refractivity contribution in [3.63, 3.8) is 0 Å². The second kappa shape index (κ2) is 6.50. The predicted octanol–water partition coefficient (Wildman–Crippen LogP) is 1.22. The zero-order chi connectivity index (χ0) is 12.8. The van der Waals surface area contributed by atoms with Crippen LogP contribution in [-0.2, 0) is 11.2 Å². The number of nitrogens with zero attached hydrogens (tertiary/aromatic N) is 2. The van der Waals surface area contributed by atoms with Crippen molar-refractivity contribution < 1.29 is 4.79 Å². The van der Waals surface area contributed by atoms with Crippen LogP contribution in [0.4, 0.5) is 0 Å².